The van der Waals surface area contributed by atoms with Crippen molar-refractivity contribution in [2.75, 3.05) is 0 Å². The Morgan fingerprint density at radius 3 is 2.26 bits per heavy atom. The first-order chi connectivity index (χ1) is 18.1. The molecule has 190 valence electrons. The SMILES string of the molecule is O=C(O)c1ccc(-c2n[nH]c3cc(-c4ccccc4F)cc(C(=O)c4c(Cl)cccc4C(F)(F)F)c23)cc1. The molecular weight excluding hydrogens is 524 g/mol. The van der Waals surface area contributed by atoms with Crippen molar-refractivity contribution in [2.24, 2.45) is 0 Å². The molecule has 0 fully saturated rings. The van der Waals surface area contributed by atoms with E-state index in [0.29, 0.717) is 5.56 Å². The van der Waals surface area contributed by atoms with Crippen molar-refractivity contribution in [1.29, 1.82) is 0 Å². The van der Waals surface area contributed by atoms with Gasteiger partial charge in [0.15, 0.2) is 5.78 Å². The Labute approximate surface area is 217 Å². The fourth-order valence-electron chi connectivity index (χ4n) is 4.29. The van der Waals surface area contributed by atoms with Crippen LogP contribution in [0.2, 0.25) is 5.02 Å². The van der Waals surface area contributed by atoms with Crippen molar-refractivity contribution in [2.45, 2.75) is 6.18 Å². The summed E-state index contributed by atoms with van der Waals surface area (Å²) < 4.78 is 56.3. The van der Waals surface area contributed by atoms with E-state index in [0.717, 1.165) is 12.1 Å². The van der Waals surface area contributed by atoms with E-state index in [1.54, 1.807) is 6.07 Å². The highest BCUT2D eigenvalue weighted by molar-refractivity contribution is 6.36. The first-order valence-corrected chi connectivity index (χ1v) is 11.4. The first kappa shape index (κ1) is 25.2. The molecule has 2 N–H and O–H groups in total. The molecule has 0 radical (unpaired) electrons. The van der Waals surface area contributed by atoms with Gasteiger partial charge >= 0.3 is 12.1 Å². The summed E-state index contributed by atoms with van der Waals surface area (Å²) in [6.07, 6.45) is -4.87. The summed E-state index contributed by atoms with van der Waals surface area (Å²) >= 11 is 6.13. The Balaban J connectivity index is 1.81. The minimum Gasteiger partial charge on any atom is -0.478 e. The highest BCUT2D eigenvalue weighted by Crippen LogP contribution is 2.40. The largest absolute Gasteiger partial charge is 0.478 e. The van der Waals surface area contributed by atoms with Crippen molar-refractivity contribution in [1.82, 2.24) is 10.2 Å². The third-order valence-electron chi connectivity index (χ3n) is 6.04. The van der Waals surface area contributed by atoms with Gasteiger partial charge in [-0.2, -0.15) is 18.3 Å². The summed E-state index contributed by atoms with van der Waals surface area (Å²) in [7, 11) is 0. The molecule has 0 aliphatic heterocycles. The monoisotopic (exact) mass is 538 g/mol. The molecule has 0 amide bonds. The minimum absolute atomic E-state index is 0.0117. The van der Waals surface area contributed by atoms with Crippen LogP contribution >= 0.6 is 11.6 Å². The number of carboxylic acids is 1. The number of carboxylic acid groups (broad SMARTS) is 1. The predicted octanol–water partition coefficient (Wildman–Crippen LogP) is 7.64. The number of aromatic amines is 1. The molecule has 5 rings (SSSR count). The Kier molecular flexibility index (Phi) is 6.24. The van der Waals surface area contributed by atoms with Gasteiger partial charge in [0.1, 0.15) is 11.5 Å². The number of carbonyl (C=O) groups is 2. The lowest BCUT2D eigenvalue weighted by Crippen LogP contribution is -2.15. The molecule has 5 nitrogen and oxygen atoms in total. The van der Waals surface area contributed by atoms with E-state index in [4.69, 9.17) is 11.6 Å². The quantitative estimate of drug-likeness (QED) is 0.178. The zero-order valence-corrected chi connectivity index (χ0v) is 19.9. The number of alkyl halides is 3. The van der Waals surface area contributed by atoms with Crippen molar-refractivity contribution >= 4 is 34.3 Å². The lowest BCUT2D eigenvalue weighted by Gasteiger charge is -2.15. The van der Waals surface area contributed by atoms with Gasteiger partial charge in [-0.25, -0.2) is 9.18 Å². The molecule has 0 unspecified atom stereocenters. The summed E-state index contributed by atoms with van der Waals surface area (Å²) in [5.41, 5.74) is -0.922. The second-order valence-electron chi connectivity index (χ2n) is 8.37. The summed E-state index contributed by atoms with van der Waals surface area (Å²) in [5, 5.41) is 16.0. The number of carbonyl (C=O) groups excluding carboxylic acids is 1. The number of hydrogen-bond donors (Lipinski definition) is 2. The molecule has 4 aromatic carbocycles. The summed E-state index contributed by atoms with van der Waals surface area (Å²) in [6, 6.07) is 17.3. The predicted molar refractivity (Wildman–Crippen MR) is 134 cm³/mol. The van der Waals surface area contributed by atoms with E-state index in [1.165, 1.54) is 60.7 Å². The third kappa shape index (κ3) is 4.41. The van der Waals surface area contributed by atoms with Crippen LogP contribution in [0.5, 0.6) is 0 Å². The standard InChI is InChI=1S/C28H15ClF4N2O3/c29-20-6-3-5-19(28(31,32)33)24(20)26(36)18-12-16(17-4-1-2-7-21(17)30)13-22-23(18)25(35-34-22)14-8-10-15(11-9-14)27(37)38/h1-13H,(H,34,35)(H,37,38). The third-order valence-corrected chi connectivity index (χ3v) is 6.36. The number of halogens is 5. The Morgan fingerprint density at radius 1 is 0.895 bits per heavy atom. The average molecular weight is 539 g/mol. The molecule has 0 aliphatic carbocycles. The molecule has 0 atom stereocenters. The summed E-state index contributed by atoms with van der Waals surface area (Å²) in [4.78, 5) is 25.1. The molecule has 0 saturated carbocycles. The van der Waals surface area contributed by atoms with Gasteiger partial charge < -0.3 is 5.11 Å². The number of H-pyrrole nitrogens is 1. The molecule has 38 heavy (non-hydrogen) atoms. The van der Waals surface area contributed by atoms with Gasteiger partial charge in [-0.1, -0.05) is 48.0 Å². The van der Waals surface area contributed by atoms with Gasteiger partial charge in [-0.3, -0.25) is 9.89 Å². The Hall–Kier alpha value is -4.50. The van der Waals surface area contributed by atoms with Gasteiger partial charge in [0.2, 0.25) is 0 Å². The Bertz CT molecular complexity index is 1730. The second kappa shape index (κ2) is 9.42. The van der Waals surface area contributed by atoms with E-state index in [2.05, 4.69) is 10.2 Å². The average Bonchev–Trinajstić information content (AvgIpc) is 3.31. The van der Waals surface area contributed by atoms with E-state index in [-0.39, 0.29) is 38.9 Å². The number of aromatic nitrogens is 2. The number of ketones is 1. The summed E-state index contributed by atoms with van der Waals surface area (Å²) in [6.45, 7) is 0. The molecule has 0 spiro atoms. The maximum atomic E-state index is 14.7. The second-order valence-corrected chi connectivity index (χ2v) is 8.78. The number of hydrogen-bond acceptors (Lipinski definition) is 3. The van der Waals surface area contributed by atoms with E-state index < -0.39 is 39.9 Å². The fourth-order valence-corrected chi connectivity index (χ4v) is 4.55. The van der Waals surface area contributed by atoms with Crippen LogP contribution in [0.3, 0.4) is 0 Å². The van der Waals surface area contributed by atoms with Gasteiger partial charge in [0, 0.05) is 22.1 Å². The first-order valence-electron chi connectivity index (χ1n) is 11.1. The van der Waals surface area contributed by atoms with Crippen LogP contribution in [-0.2, 0) is 6.18 Å². The maximum Gasteiger partial charge on any atom is 0.417 e. The van der Waals surface area contributed by atoms with Crippen LogP contribution in [0.1, 0.15) is 31.8 Å². The molecule has 1 heterocycles. The van der Waals surface area contributed by atoms with E-state index in [1.807, 2.05) is 0 Å². The number of rotatable bonds is 5. The van der Waals surface area contributed by atoms with Crippen LogP contribution in [0, 0.1) is 5.82 Å². The van der Waals surface area contributed by atoms with Crippen molar-refractivity contribution < 1.29 is 32.3 Å². The zero-order chi connectivity index (χ0) is 27.2. The fraction of sp³-hybridized carbons (Fsp3) is 0.0357. The summed E-state index contributed by atoms with van der Waals surface area (Å²) in [5.74, 6) is -2.77. The van der Waals surface area contributed by atoms with Gasteiger partial charge in [-0.05, 0) is 48.0 Å². The van der Waals surface area contributed by atoms with Crippen molar-refractivity contribution in [3.63, 3.8) is 0 Å². The molecule has 0 bridgehead atoms. The smallest absolute Gasteiger partial charge is 0.417 e. The molecule has 0 aliphatic rings. The number of benzene rings is 4. The van der Waals surface area contributed by atoms with Gasteiger partial charge in [-0.15, -0.1) is 0 Å². The Morgan fingerprint density at radius 2 is 1.61 bits per heavy atom. The lowest BCUT2D eigenvalue weighted by atomic mass is 9.91. The van der Waals surface area contributed by atoms with E-state index in [9.17, 15) is 32.3 Å². The normalized spacial score (nSPS) is 11.6. The topological polar surface area (TPSA) is 83.0 Å². The van der Waals surface area contributed by atoms with Gasteiger partial charge in [0.25, 0.3) is 0 Å². The molecule has 0 saturated heterocycles. The number of fused-ring (bicyclic) bond motifs is 1. The molecule has 1 aromatic heterocycles. The van der Waals surface area contributed by atoms with Crippen LogP contribution < -0.4 is 0 Å². The molecular formula is C28H15ClF4N2O3. The van der Waals surface area contributed by atoms with Crippen LogP contribution in [-0.4, -0.2) is 27.1 Å². The van der Waals surface area contributed by atoms with E-state index >= 15 is 0 Å². The zero-order valence-electron chi connectivity index (χ0n) is 19.1. The number of nitrogens with one attached hydrogen (secondary N) is 1. The van der Waals surface area contributed by atoms with Crippen LogP contribution in [0.4, 0.5) is 17.6 Å². The number of nitrogens with zero attached hydrogens (tertiary/aromatic N) is 1. The van der Waals surface area contributed by atoms with Gasteiger partial charge in [0.05, 0.1) is 27.2 Å². The number of aromatic carboxylic acids is 1. The van der Waals surface area contributed by atoms with Crippen molar-refractivity contribution in [3.8, 4) is 22.4 Å². The lowest BCUT2D eigenvalue weighted by molar-refractivity contribution is -0.137. The molecule has 5 aromatic rings. The minimum atomic E-state index is -4.87. The highest BCUT2D eigenvalue weighted by Gasteiger charge is 2.37. The molecule has 10 heteroatoms. The van der Waals surface area contributed by atoms with Crippen LogP contribution in [0.25, 0.3) is 33.3 Å². The van der Waals surface area contributed by atoms with Crippen LogP contribution in [0.15, 0.2) is 78.9 Å². The maximum absolute atomic E-state index is 14.7. The van der Waals surface area contributed by atoms with Crippen molar-refractivity contribution in [3.05, 3.63) is 112 Å². The highest BCUT2D eigenvalue weighted by atomic mass is 35.5.